The van der Waals surface area contributed by atoms with Gasteiger partial charge in [-0.1, -0.05) is 12.1 Å². The van der Waals surface area contributed by atoms with Crippen LogP contribution in [-0.2, 0) is 6.18 Å². The summed E-state index contributed by atoms with van der Waals surface area (Å²) in [4.78, 5) is 3.85. The highest BCUT2D eigenvalue weighted by molar-refractivity contribution is 6.28. The van der Waals surface area contributed by atoms with Gasteiger partial charge in [0.15, 0.2) is 0 Å². The van der Waals surface area contributed by atoms with E-state index in [9.17, 15) is 13.2 Å². The second kappa shape index (κ2) is 4.29. The van der Waals surface area contributed by atoms with E-state index in [4.69, 9.17) is 11.6 Å². The molecule has 0 N–H and O–H groups in total. The van der Waals surface area contributed by atoms with Gasteiger partial charge in [-0.15, -0.1) is 5.10 Å². The van der Waals surface area contributed by atoms with Crippen LogP contribution in [0.4, 0.5) is 13.2 Å². The number of halogens is 4. The van der Waals surface area contributed by atoms with E-state index >= 15 is 0 Å². The smallest absolute Gasteiger partial charge is 0.215 e. The lowest BCUT2D eigenvalue weighted by Gasteiger charge is -2.07. The van der Waals surface area contributed by atoms with Crippen LogP contribution in [0.5, 0.6) is 0 Å². The summed E-state index contributed by atoms with van der Waals surface area (Å²) in [5, 5.41) is 6.96. The van der Waals surface area contributed by atoms with Crippen molar-refractivity contribution in [2.75, 3.05) is 0 Å². The molecule has 0 unspecified atom stereocenters. The Morgan fingerprint density at radius 3 is 2.24 bits per heavy atom. The van der Waals surface area contributed by atoms with Gasteiger partial charge < -0.3 is 0 Å². The summed E-state index contributed by atoms with van der Waals surface area (Å²) >= 11 is 5.53. The minimum absolute atomic E-state index is 0.0533. The number of hydrogen-bond acceptors (Lipinski definition) is 3. The molecule has 0 amide bonds. The van der Waals surface area contributed by atoms with E-state index in [-0.39, 0.29) is 5.28 Å². The quantitative estimate of drug-likeness (QED) is 0.789. The van der Waals surface area contributed by atoms with Crippen molar-refractivity contribution < 1.29 is 13.2 Å². The maximum atomic E-state index is 12.3. The van der Waals surface area contributed by atoms with Crippen molar-refractivity contribution in [3.05, 3.63) is 41.3 Å². The first-order valence-electron chi connectivity index (χ1n) is 4.49. The summed E-state index contributed by atoms with van der Waals surface area (Å²) in [5.41, 5.74) is 0.155. The number of rotatable bonds is 1. The van der Waals surface area contributed by atoms with Gasteiger partial charge in [-0.05, 0) is 23.7 Å². The molecule has 2 rings (SSSR count). The lowest BCUT2D eigenvalue weighted by Crippen LogP contribution is -2.04. The van der Waals surface area contributed by atoms with Crippen LogP contribution in [0.25, 0.3) is 11.3 Å². The Labute approximate surface area is 99.3 Å². The third-order valence-electron chi connectivity index (χ3n) is 2.04. The van der Waals surface area contributed by atoms with Gasteiger partial charge in [0, 0.05) is 5.56 Å². The van der Waals surface area contributed by atoms with Crippen LogP contribution < -0.4 is 0 Å². The average molecular weight is 260 g/mol. The Hall–Kier alpha value is -1.69. The Balaban J connectivity index is 2.36. The number of alkyl halides is 3. The molecule has 7 heteroatoms. The monoisotopic (exact) mass is 259 g/mol. The molecular weight excluding hydrogens is 255 g/mol. The van der Waals surface area contributed by atoms with Crippen LogP contribution in [0.2, 0.25) is 5.28 Å². The lowest BCUT2D eigenvalue weighted by molar-refractivity contribution is -0.137. The number of nitrogens with zero attached hydrogens (tertiary/aromatic N) is 3. The molecule has 88 valence electrons. The first-order valence-corrected chi connectivity index (χ1v) is 4.87. The van der Waals surface area contributed by atoms with Gasteiger partial charge in [-0.2, -0.15) is 18.3 Å². The molecule has 0 aliphatic heterocycles. The van der Waals surface area contributed by atoms with Gasteiger partial charge >= 0.3 is 6.18 Å². The highest BCUT2D eigenvalue weighted by atomic mass is 35.5. The van der Waals surface area contributed by atoms with E-state index in [2.05, 4.69) is 15.2 Å². The van der Waals surface area contributed by atoms with E-state index < -0.39 is 11.7 Å². The molecule has 0 spiro atoms. The van der Waals surface area contributed by atoms with Crippen LogP contribution in [0.3, 0.4) is 0 Å². The average Bonchev–Trinajstić information content (AvgIpc) is 2.28. The van der Waals surface area contributed by atoms with Gasteiger partial charge in [-0.25, -0.2) is 4.98 Å². The Morgan fingerprint density at radius 1 is 1.06 bits per heavy atom. The number of benzene rings is 1. The largest absolute Gasteiger partial charge is 0.416 e. The van der Waals surface area contributed by atoms with Crippen molar-refractivity contribution in [2.45, 2.75) is 6.18 Å². The molecule has 0 atom stereocenters. The predicted octanol–water partition coefficient (Wildman–Crippen LogP) is 3.21. The molecule has 2 aromatic rings. The molecule has 0 saturated carbocycles. The topological polar surface area (TPSA) is 38.7 Å². The number of hydrogen-bond donors (Lipinski definition) is 0. The fourth-order valence-electron chi connectivity index (χ4n) is 1.25. The molecule has 1 aromatic heterocycles. The summed E-state index contributed by atoms with van der Waals surface area (Å²) in [5.74, 6) is 0. The standard InChI is InChI=1S/C10H5ClF3N3/c11-9-16-8(5-15-17-9)6-1-3-7(4-2-6)10(12,13)14/h1-5H. The number of aromatic nitrogens is 3. The van der Waals surface area contributed by atoms with Crippen molar-refractivity contribution in [1.29, 1.82) is 0 Å². The minimum Gasteiger partial charge on any atom is -0.215 e. The molecule has 0 aliphatic rings. The summed E-state index contributed by atoms with van der Waals surface area (Å²) in [6, 6.07) is 4.57. The van der Waals surface area contributed by atoms with Crippen LogP contribution in [0.15, 0.2) is 30.5 Å². The summed E-state index contributed by atoms with van der Waals surface area (Å²) in [6.07, 6.45) is -3.02. The molecular formula is C10H5ClF3N3. The third kappa shape index (κ3) is 2.71. The maximum absolute atomic E-state index is 12.3. The van der Waals surface area contributed by atoms with Crippen LogP contribution in [0.1, 0.15) is 5.56 Å². The third-order valence-corrected chi connectivity index (χ3v) is 2.20. The fraction of sp³-hybridized carbons (Fsp3) is 0.100. The van der Waals surface area contributed by atoms with Gasteiger partial charge in [0.05, 0.1) is 17.5 Å². The molecule has 0 bridgehead atoms. The van der Waals surface area contributed by atoms with Crippen LogP contribution in [0, 0.1) is 0 Å². The summed E-state index contributed by atoms with van der Waals surface area (Å²) < 4.78 is 37.0. The summed E-state index contributed by atoms with van der Waals surface area (Å²) in [7, 11) is 0. The Bertz CT molecular complexity index is 525. The molecule has 0 saturated heterocycles. The molecule has 1 heterocycles. The normalized spacial score (nSPS) is 11.5. The van der Waals surface area contributed by atoms with Crippen molar-refractivity contribution in [2.24, 2.45) is 0 Å². The van der Waals surface area contributed by atoms with Gasteiger partial charge in [0.2, 0.25) is 5.28 Å². The van der Waals surface area contributed by atoms with Crippen LogP contribution in [-0.4, -0.2) is 15.2 Å². The Morgan fingerprint density at radius 2 is 1.71 bits per heavy atom. The van der Waals surface area contributed by atoms with Crippen molar-refractivity contribution in [1.82, 2.24) is 15.2 Å². The van der Waals surface area contributed by atoms with Crippen LogP contribution >= 0.6 is 11.6 Å². The highest BCUT2D eigenvalue weighted by Gasteiger charge is 2.29. The zero-order valence-electron chi connectivity index (χ0n) is 8.24. The van der Waals surface area contributed by atoms with E-state index in [0.717, 1.165) is 12.1 Å². The molecule has 0 fully saturated rings. The first kappa shape index (κ1) is 11.8. The van der Waals surface area contributed by atoms with Gasteiger partial charge in [0.1, 0.15) is 0 Å². The zero-order chi connectivity index (χ0) is 12.5. The van der Waals surface area contributed by atoms with Gasteiger partial charge in [-0.3, -0.25) is 0 Å². The second-order valence-electron chi connectivity index (χ2n) is 3.19. The van der Waals surface area contributed by atoms with E-state index in [0.29, 0.717) is 11.3 Å². The van der Waals surface area contributed by atoms with Gasteiger partial charge in [0.25, 0.3) is 0 Å². The Kier molecular flexibility index (Phi) is 2.97. The van der Waals surface area contributed by atoms with Crippen molar-refractivity contribution in [3.63, 3.8) is 0 Å². The van der Waals surface area contributed by atoms with E-state index in [1.807, 2.05) is 0 Å². The zero-order valence-corrected chi connectivity index (χ0v) is 9.00. The maximum Gasteiger partial charge on any atom is 0.416 e. The first-order chi connectivity index (χ1) is 7.97. The summed E-state index contributed by atoms with van der Waals surface area (Å²) in [6.45, 7) is 0. The second-order valence-corrected chi connectivity index (χ2v) is 3.52. The van der Waals surface area contributed by atoms with E-state index in [1.165, 1.54) is 18.3 Å². The minimum atomic E-state index is -4.35. The molecule has 0 aliphatic carbocycles. The molecule has 17 heavy (non-hydrogen) atoms. The SMILES string of the molecule is FC(F)(F)c1ccc(-c2cnnc(Cl)n2)cc1. The lowest BCUT2D eigenvalue weighted by atomic mass is 10.1. The fourth-order valence-corrected chi connectivity index (χ4v) is 1.39. The predicted molar refractivity (Wildman–Crippen MR) is 55.3 cm³/mol. The van der Waals surface area contributed by atoms with Crippen molar-refractivity contribution in [3.8, 4) is 11.3 Å². The molecule has 3 nitrogen and oxygen atoms in total. The van der Waals surface area contributed by atoms with E-state index in [1.54, 1.807) is 0 Å². The molecule has 1 aromatic carbocycles. The van der Waals surface area contributed by atoms with Crippen molar-refractivity contribution >= 4 is 11.6 Å². The highest BCUT2D eigenvalue weighted by Crippen LogP contribution is 2.30. The molecule has 0 radical (unpaired) electrons.